The van der Waals surface area contributed by atoms with Crippen LogP contribution in [0.3, 0.4) is 0 Å². The van der Waals surface area contributed by atoms with Crippen LogP contribution in [0.1, 0.15) is 44.5 Å². The molecule has 1 amide bonds. The van der Waals surface area contributed by atoms with E-state index in [1.807, 2.05) is 13.8 Å². The first kappa shape index (κ1) is 16.8. The van der Waals surface area contributed by atoms with Crippen LogP contribution in [-0.4, -0.2) is 23.9 Å². The van der Waals surface area contributed by atoms with E-state index in [1.54, 1.807) is 24.3 Å². The van der Waals surface area contributed by atoms with Gasteiger partial charge in [0.25, 0.3) is 5.91 Å². The molecule has 1 rings (SSSR count). The molecule has 0 heterocycles. The summed E-state index contributed by atoms with van der Waals surface area (Å²) in [5, 5.41) is 2.83. The van der Waals surface area contributed by atoms with E-state index in [0.29, 0.717) is 18.0 Å². The summed E-state index contributed by atoms with van der Waals surface area (Å²) < 4.78 is 5.54. The van der Waals surface area contributed by atoms with Gasteiger partial charge in [0.1, 0.15) is 5.75 Å². The van der Waals surface area contributed by atoms with Crippen molar-refractivity contribution in [2.75, 3.05) is 6.54 Å². The summed E-state index contributed by atoms with van der Waals surface area (Å²) in [6.45, 7) is 8.66. The summed E-state index contributed by atoms with van der Waals surface area (Å²) in [7, 11) is 0. The fourth-order valence-electron chi connectivity index (χ4n) is 1.86. The van der Waals surface area contributed by atoms with Crippen LogP contribution in [0.15, 0.2) is 24.3 Å². The zero-order valence-corrected chi connectivity index (χ0v) is 13.4. The summed E-state index contributed by atoms with van der Waals surface area (Å²) in [5.41, 5.74) is 0.620. The van der Waals surface area contributed by atoms with E-state index in [-0.39, 0.29) is 17.4 Å². The van der Waals surface area contributed by atoms with Gasteiger partial charge in [0.2, 0.25) is 0 Å². The number of carbonyl (C=O) groups excluding carboxylic acids is 1. The van der Waals surface area contributed by atoms with Crippen LogP contribution in [0, 0.1) is 5.92 Å². The standard InChI is InChI=1S/C16H24ClNO2/c1-11(2)9-14(17)10-18-16(19)13-5-7-15(8-6-13)20-12(3)4/h5-8,11-12,14H,9-10H2,1-4H3,(H,18,19). The van der Waals surface area contributed by atoms with Gasteiger partial charge in [-0.05, 0) is 50.5 Å². The van der Waals surface area contributed by atoms with E-state index in [0.717, 1.165) is 12.2 Å². The predicted molar refractivity (Wildman–Crippen MR) is 83.6 cm³/mol. The number of benzene rings is 1. The lowest BCUT2D eigenvalue weighted by Gasteiger charge is -2.13. The zero-order chi connectivity index (χ0) is 15.1. The van der Waals surface area contributed by atoms with E-state index in [4.69, 9.17) is 16.3 Å². The van der Waals surface area contributed by atoms with Crippen molar-refractivity contribution in [2.45, 2.75) is 45.6 Å². The van der Waals surface area contributed by atoms with Crippen molar-refractivity contribution < 1.29 is 9.53 Å². The second kappa shape index (κ2) is 8.15. The number of carbonyl (C=O) groups is 1. The van der Waals surface area contributed by atoms with Crippen molar-refractivity contribution in [1.29, 1.82) is 0 Å². The van der Waals surface area contributed by atoms with E-state index < -0.39 is 0 Å². The number of nitrogens with one attached hydrogen (secondary N) is 1. The fraction of sp³-hybridized carbons (Fsp3) is 0.562. The SMILES string of the molecule is CC(C)CC(Cl)CNC(=O)c1ccc(OC(C)C)cc1. The van der Waals surface area contributed by atoms with E-state index >= 15 is 0 Å². The topological polar surface area (TPSA) is 38.3 Å². The van der Waals surface area contributed by atoms with Crippen LogP contribution in [0.4, 0.5) is 0 Å². The molecule has 1 N–H and O–H groups in total. The Kier molecular flexibility index (Phi) is 6.86. The Hall–Kier alpha value is -1.22. The summed E-state index contributed by atoms with van der Waals surface area (Å²) in [6.07, 6.45) is 1.02. The maximum Gasteiger partial charge on any atom is 0.251 e. The molecule has 0 aliphatic carbocycles. The molecule has 0 spiro atoms. The molecule has 0 saturated heterocycles. The van der Waals surface area contributed by atoms with Crippen LogP contribution in [0.5, 0.6) is 5.75 Å². The van der Waals surface area contributed by atoms with Gasteiger partial charge in [0.15, 0.2) is 0 Å². The van der Waals surface area contributed by atoms with Crippen LogP contribution in [0.25, 0.3) is 0 Å². The molecule has 20 heavy (non-hydrogen) atoms. The highest BCUT2D eigenvalue weighted by atomic mass is 35.5. The number of alkyl halides is 1. The molecule has 1 aromatic rings. The van der Waals surface area contributed by atoms with Gasteiger partial charge in [-0.1, -0.05) is 13.8 Å². The lowest BCUT2D eigenvalue weighted by atomic mass is 10.1. The number of amides is 1. The summed E-state index contributed by atoms with van der Waals surface area (Å²) in [6, 6.07) is 7.14. The van der Waals surface area contributed by atoms with Crippen LogP contribution < -0.4 is 10.1 Å². The molecule has 0 bridgehead atoms. The summed E-state index contributed by atoms with van der Waals surface area (Å²) in [4.78, 5) is 12.0. The van der Waals surface area contributed by atoms with Gasteiger partial charge >= 0.3 is 0 Å². The van der Waals surface area contributed by atoms with Crippen LogP contribution in [0.2, 0.25) is 0 Å². The first-order valence-electron chi connectivity index (χ1n) is 7.07. The van der Waals surface area contributed by atoms with Gasteiger partial charge in [0.05, 0.1) is 11.5 Å². The van der Waals surface area contributed by atoms with E-state index in [1.165, 1.54) is 0 Å². The molecule has 1 atom stereocenters. The van der Waals surface area contributed by atoms with E-state index in [9.17, 15) is 4.79 Å². The largest absolute Gasteiger partial charge is 0.491 e. The van der Waals surface area contributed by atoms with Crippen molar-refractivity contribution in [1.82, 2.24) is 5.32 Å². The minimum atomic E-state index is -0.101. The number of rotatable bonds is 7. The van der Waals surface area contributed by atoms with Gasteiger partial charge in [-0.2, -0.15) is 0 Å². The third-order valence-corrected chi connectivity index (χ3v) is 3.03. The molecule has 1 unspecified atom stereocenters. The molecule has 0 saturated carbocycles. The third-order valence-electron chi connectivity index (χ3n) is 2.70. The minimum absolute atomic E-state index is 0.0255. The van der Waals surface area contributed by atoms with Crippen molar-refractivity contribution >= 4 is 17.5 Å². The highest BCUT2D eigenvalue weighted by molar-refractivity contribution is 6.20. The monoisotopic (exact) mass is 297 g/mol. The predicted octanol–water partition coefficient (Wildman–Crippen LogP) is 3.86. The smallest absolute Gasteiger partial charge is 0.251 e. The highest BCUT2D eigenvalue weighted by Crippen LogP contribution is 2.14. The Morgan fingerprint density at radius 1 is 1.20 bits per heavy atom. The number of halogens is 1. The summed E-state index contributed by atoms with van der Waals surface area (Å²) in [5.74, 6) is 1.20. The second-order valence-corrected chi connectivity index (χ2v) is 6.25. The van der Waals surface area contributed by atoms with Crippen LogP contribution >= 0.6 is 11.6 Å². The fourth-order valence-corrected chi connectivity index (χ4v) is 2.29. The Labute approximate surface area is 126 Å². The molecule has 0 aliphatic heterocycles. The first-order valence-corrected chi connectivity index (χ1v) is 7.51. The quantitative estimate of drug-likeness (QED) is 0.776. The molecule has 3 nitrogen and oxygen atoms in total. The number of ether oxygens (including phenoxy) is 1. The van der Waals surface area contributed by atoms with Gasteiger partial charge in [-0.25, -0.2) is 0 Å². The molecule has 112 valence electrons. The van der Waals surface area contributed by atoms with Crippen molar-refractivity contribution in [3.8, 4) is 5.75 Å². The van der Waals surface area contributed by atoms with Gasteiger partial charge < -0.3 is 10.1 Å². The molecule has 0 radical (unpaired) electrons. The molecule has 0 aromatic heterocycles. The third kappa shape index (κ3) is 6.29. The average Bonchev–Trinajstić information content (AvgIpc) is 2.35. The maximum absolute atomic E-state index is 12.0. The Balaban J connectivity index is 2.47. The second-order valence-electron chi connectivity index (χ2n) is 5.63. The first-order chi connectivity index (χ1) is 9.38. The minimum Gasteiger partial charge on any atom is -0.491 e. The highest BCUT2D eigenvalue weighted by Gasteiger charge is 2.11. The maximum atomic E-state index is 12.0. The normalized spacial score (nSPS) is 12.6. The molecule has 0 aliphatic rings. The molecule has 0 fully saturated rings. The number of hydrogen-bond acceptors (Lipinski definition) is 2. The summed E-state index contributed by atoms with van der Waals surface area (Å²) >= 11 is 6.16. The van der Waals surface area contributed by atoms with Crippen LogP contribution in [-0.2, 0) is 0 Å². The van der Waals surface area contributed by atoms with Crippen molar-refractivity contribution in [3.63, 3.8) is 0 Å². The van der Waals surface area contributed by atoms with Gasteiger partial charge in [-0.3, -0.25) is 4.79 Å². The molecule has 1 aromatic carbocycles. The number of hydrogen-bond donors (Lipinski definition) is 1. The van der Waals surface area contributed by atoms with Gasteiger partial charge in [0, 0.05) is 12.1 Å². The molecular formula is C16H24ClNO2. The molecular weight excluding hydrogens is 274 g/mol. The zero-order valence-electron chi connectivity index (χ0n) is 12.7. The Morgan fingerprint density at radius 2 is 1.80 bits per heavy atom. The Bertz CT molecular complexity index is 415. The lowest BCUT2D eigenvalue weighted by Crippen LogP contribution is -2.30. The van der Waals surface area contributed by atoms with Crippen molar-refractivity contribution in [2.24, 2.45) is 5.92 Å². The Morgan fingerprint density at radius 3 is 2.30 bits per heavy atom. The molecule has 4 heteroatoms. The van der Waals surface area contributed by atoms with Gasteiger partial charge in [-0.15, -0.1) is 11.6 Å². The average molecular weight is 298 g/mol. The van der Waals surface area contributed by atoms with E-state index in [2.05, 4.69) is 19.2 Å². The van der Waals surface area contributed by atoms with Crippen molar-refractivity contribution in [3.05, 3.63) is 29.8 Å². The lowest BCUT2D eigenvalue weighted by molar-refractivity contribution is 0.0953.